The van der Waals surface area contributed by atoms with E-state index in [9.17, 15) is 9.18 Å². The molecule has 0 unspecified atom stereocenters. The van der Waals surface area contributed by atoms with Gasteiger partial charge >= 0.3 is 5.97 Å². The minimum Gasteiger partial charge on any atom is -0.478 e. The predicted octanol–water partition coefficient (Wildman–Crippen LogP) is 4.42. The van der Waals surface area contributed by atoms with Gasteiger partial charge in [-0.25, -0.2) is 9.18 Å². The molecule has 0 aliphatic carbocycles. The van der Waals surface area contributed by atoms with Crippen molar-refractivity contribution in [2.75, 3.05) is 0 Å². The van der Waals surface area contributed by atoms with Crippen LogP contribution in [0, 0.1) is 33.5 Å². The van der Waals surface area contributed by atoms with Crippen LogP contribution in [0.2, 0.25) is 0 Å². The topological polar surface area (TPSA) is 37.3 Å². The molecule has 0 aliphatic rings. The molecule has 0 aromatic heterocycles. The first-order valence-corrected chi connectivity index (χ1v) is 6.43. The molecule has 1 N–H and O–H groups in total. The summed E-state index contributed by atoms with van der Waals surface area (Å²) in [6, 6.07) is 5.98. The molecule has 20 heavy (non-hydrogen) atoms. The number of aromatic carboxylic acids is 1. The Morgan fingerprint density at radius 1 is 1.00 bits per heavy atom. The molecule has 2 nitrogen and oxygen atoms in total. The number of benzene rings is 2. The van der Waals surface area contributed by atoms with Gasteiger partial charge < -0.3 is 5.11 Å². The summed E-state index contributed by atoms with van der Waals surface area (Å²) < 4.78 is 14.1. The molecule has 0 spiro atoms. The van der Waals surface area contributed by atoms with Crippen molar-refractivity contribution in [1.82, 2.24) is 0 Å². The van der Waals surface area contributed by atoms with Gasteiger partial charge in [0.05, 0.1) is 5.56 Å². The Bertz CT molecular complexity index is 676. The van der Waals surface area contributed by atoms with Crippen LogP contribution in [0.3, 0.4) is 0 Å². The molecule has 0 atom stereocenters. The zero-order valence-electron chi connectivity index (χ0n) is 12.0. The Hall–Kier alpha value is -2.16. The minimum absolute atomic E-state index is 0.0966. The lowest BCUT2D eigenvalue weighted by Gasteiger charge is -2.16. The molecule has 3 heteroatoms. The summed E-state index contributed by atoms with van der Waals surface area (Å²) in [6.45, 7) is 7.82. The van der Waals surface area contributed by atoms with E-state index in [0.717, 1.165) is 27.8 Å². The number of carboxylic acid groups (broad SMARTS) is 1. The molecule has 0 radical (unpaired) electrons. The van der Waals surface area contributed by atoms with E-state index in [4.69, 9.17) is 5.11 Å². The van der Waals surface area contributed by atoms with E-state index in [-0.39, 0.29) is 5.56 Å². The lowest BCUT2D eigenvalue weighted by molar-refractivity contribution is 0.0697. The van der Waals surface area contributed by atoms with Gasteiger partial charge in [0, 0.05) is 5.56 Å². The Morgan fingerprint density at radius 3 is 2.05 bits per heavy atom. The normalized spacial score (nSPS) is 10.7. The molecule has 2 aromatic carbocycles. The van der Waals surface area contributed by atoms with Crippen molar-refractivity contribution in [3.63, 3.8) is 0 Å². The van der Waals surface area contributed by atoms with Crippen LogP contribution in [-0.2, 0) is 0 Å². The van der Waals surface area contributed by atoms with E-state index in [2.05, 4.69) is 6.07 Å². The summed E-state index contributed by atoms with van der Waals surface area (Å²) in [5.41, 5.74) is 5.35. The van der Waals surface area contributed by atoms with Crippen LogP contribution in [0.25, 0.3) is 11.1 Å². The van der Waals surface area contributed by atoms with Crippen molar-refractivity contribution >= 4 is 5.97 Å². The van der Waals surface area contributed by atoms with Crippen LogP contribution in [0.15, 0.2) is 24.3 Å². The molecule has 0 saturated carbocycles. The molecule has 0 saturated heterocycles. The molecule has 2 aromatic rings. The van der Waals surface area contributed by atoms with E-state index in [1.54, 1.807) is 0 Å². The first kappa shape index (κ1) is 14.3. The molecule has 2 rings (SSSR count). The second-order valence-electron chi connectivity index (χ2n) is 5.14. The summed E-state index contributed by atoms with van der Waals surface area (Å²) in [4.78, 5) is 11.1. The highest BCUT2D eigenvalue weighted by molar-refractivity contribution is 5.90. The molecule has 104 valence electrons. The zero-order chi connectivity index (χ0) is 15.0. The summed E-state index contributed by atoms with van der Waals surface area (Å²) >= 11 is 0. The highest BCUT2D eigenvalue weighted by Gasteiger charge is 2.16. The fourth-order valence-electron chi connectivity index (χ4n) is 2.47. The average Bonchev–Trinajstić information content (AvgIpc) is 2.38. The monoisotopic (exact) mass is 272 g/mol. The lowest BCUT2D eigenvalue weighted by atomic mass is 9.89. The molecule has 0 amide bonds. The molecule has 0 fully saturated rings. The smallest absolute Gasteiger partial charge is 0.335 e. The number of aryl methyl sites for hydroxylation is 2. The van der Waals surface area contributed by atoms with Gasteiger partial charge in [-0.05, 0) is 73.7 Å². The van der Waals surface area contributed by atoms with Gasteiger partial charge in [0.2, 0.25) is 0 Å². The van der Waals surface area contributed by atoms with Crippen molar-refractivity contribution < 1.29 is 14.3 Å². The van der Waals surface area contributed by atoms with Gasteiger partial charge in [-0.2, -0.15) is 0 Å². The largest absolute Gasteiger partial charge is 0.478 e. The van der Waals surface area contributed by atoms with E-state index in [1.165, 1.54) is 18.2 Å². The maximum Gasteiger partial charge on any atom is 0.335 e. The third-order valence-corrected chi connectivity index (χ3v) is 3.85. The van der Waals surface area contributed by atoms with Gasteiger partial charge in [-0.1, -0.05) is 6.07 Å². The lowest BCUT2D eigenvalue weighted by Crippen LogP contribution is -2.01. The maximum absolute atomic E-state index is 14.1. The van der Waals surface area contributed by atoms with E-state index < -0.39 is 11.8 Å². The quantitative estimate of drug-likeness (QED) is 0.878. The number of carbonyl (C=O) groups is 1. The number of halogens is 1. The summed E-state index contributed by atoms with van der Waals surface area (Å²) in [7, 11) is 0. The Kier molecular flexibility index (Phi) is 3.62. The second kappa shape index (κ2) is 5.08. The van der Waals surface area contributed by atoms with Crippen molar-refractivity contribution in [3.8, 4) is 11.1 Å². The van der Waals surface area contributed by atoms with Gasteiger partial charge in [0.15, 0.2) is 0 Å². The standard InChI is InChI=1S/C17H17FO2/c1-9-7-10(2)12(4)16(11(9)3)14-8-13(17(19)20)5-6-15(14)18/h5-8H,1-4H3,(H,19,20). The Labute approximate surface area is 117 Å². The van der Waals surface area contributed by atoms with Crippen LogP contribution < -0.4 is 0 Å². The van der Waals surface area contributed by atoms with Gasteiger partial charge in [0.1, 0.15) is 5.82 Å². The van der Waals surface area contributed by atoms with Crippen LogP contribution in [0.5, 0.6) is 0 Å². The van der Waals surface area contributed by atoms with Crippen LogP contribution >= 0.6 is 0 Å². The van der Waals surface area contributed by atoms with Gasteiger partial charge in [0.25, 0.3) is 0 Å². The molecular weight excluding hydrogens is 255 g/mol. The number of rotatable bonds is 2. The SMILES string of the molecule is Cc1cc(C)c(C)c(-c2cc(C(=O)O)ccc2F)c1C. The molecule has 0 heterocycles. The second-order valence-corrected chi connectivity index (χ2v) is 5.14. The highest BCUT2D eigenvalue weighted by Crippen LogP contribution is 2.33. The molecular formula is C17H17FO2. The number of carboxylic acids is 1. The van der Waals surface area contributed by atoms with E-state index >= 15 is 0 Å². The number of hydrogen-bond donors (Lipinski definition) is 1. The van der Waals surface area contributed by atoms with Crippen molar-refractivity contribution in [2.24, 2.45) is 0 Å². The third kappa shape index (κ3) is 2.31. The van der Waals surface area contributed by atoms with E-state index in [0.29, 0.717) is 5.56 Å². The average molecular weight is 272 g/mol. The highest BCUT2D eigenvalue weighted by atomic mass is 19.1. The number of hydrogen-bond acceptors (Lipinski definition) is 1. The predicted molar refractivity (Wildman–Crippen MR) is 77.7 cm³/mol. The summed E-state index contributed by atoms with van der Waals surface area (Å²) in [5.74, 6) is -1.45. The van der Waals surface area contributed by atoms with Crippen molar-refractivity contribution in [1.29, 1.82) is 0 Å². The van der Waals surface area contributed by atoms with Gasteiger partial charge in [-0.3, -0.25) is 0 Å². The summed E-state index contributed by atoms with van der Waals surface area (Å²) in [6.07, 6.45) is 0. The fraction of sp³-hybridized carbons (Fsp3) is 0.235. The van der Waals surface area contributed by atoms with E-state index in [1.807, 2.05) is 27.7 Å². The zero-order valence-corrected chi connectivity index (χ0v) is 12.0. The third-order valence-electron chi connectivity index (χ3n) is 3.85. The van der Waals surface area contributed by atoms with Gasteiger partial charge in [-0.15, -0.1) is 0 Å². The molecule has 0 bridgehead atoms. The first-order valence-electron chi connectivity index (χ1n) is 6.43. The Morgan fingerprint density at radius 2 is 1.55 bits per heavy atom. The molecule has 0 aliphatic heterocycles. The van der Waals surface area contributed by atoms with Crippen LogP contribution in [-0.4, -0.2) is 11.1 Å². The minimum atomic E-state index is -1.05. The van der Waals surface area contributed by atoms with Crippen LogP contribution in [0.1, 0.15) is 32.6 Å². The fourth-order valence-corrected chi connectivity index (χ4v) is 2.47. The van der Waals surface area contributed by atoms with Crippen LogP contribution in [0.4, 0.5) is 4.39 Å². The maximum atomic E-state index is 14.1. The van der Waals surface area contributed by atoms with Crippen molar-refractivity contribution in [2.45, 2.75) is 27.7 Å². The Balaban J connectivity index is 2.81. The van der Waals surface area contributed by atoms with Crippen molar-refractivity contribution in [3.05, 3.63) is 57.9 Å². The first-order chi connectivity index (χ1) is 9.32. The summed E-state index contributed by atoms with van der Waals surface area (Å²) in [5, 5.41) is 9.07.